The molecule has 0 heterocycles. The van der Waals surface area contributed by atoms with Gasteiger partial charge in [0, 0.05) is 18.2 Å². The Morgan fingerprint density at radius 2 is 2.06 bits per heavy atom. The fourth-order valence-corrected chi connectivity index (χ4v) is 1.69. The normalized spacial score (nSPS) is 12.2. The molecule has 1 unspecified atom stereocenters. The van der Waals surface area contributed by atoms with Crippen LogP contribution in [0.25, 0.3) is 0 Å². The van der Waals surface area contributed by atoms with Gasteiger partial charge >= 0.3 is 0 Å². The minimum absolute atomic E-state index is 0.0996. The average molecular weight is 234 g/mol. The summed E-state index contributed by atoms with van der Waals surface area (Å²) in [7, 11) is 1.92. The van der Waals surface area contributed by atoms with Gasteiger partial charge in [0.2, 0.25) is 5.91 Å². The smallest absolute Gasteiger partial charge is 0.224 e. The summed E-state index contributed by atoms with van der Waals surface area (Å²) in [6.07, 6.45) is 2.58. The molecule has 0 aliphatic rings. The molecule has 94 valence electrons. The van der Waals surface area contributed by atoms with Crippen molar-refractivity contribution in [3.05, 3.63) is 29.8 Å². The van der Waals surface area contributed by atoms with E-state index in [4.69, 9.17) is 0 Å². The molecule has 0 saturated carbocycles. The van der Waals surface area contributed by atoms with Crippen molar-refractivity contribution in [2.75, 3.05) is 12.4 Å². The third kappa shape index (κ3) is 4.19. The summed E-state index contributed by atoms with van der Waals surface area (Å²) in [5, 5.41) is 6.17. The maximum Gasteiger partial charge on any atom is 0.224 e. The fourth-order valence-electron chi connectivity index (χ4n) is 1.69. The van der Waals surface area contributed by atoms with Gasteiger partial charge in [-0.05, 0) is 32.0 Å². The van der Waals surface area contributed by atoms with E-state index in [1.165, 1.54) is 0 Å². The number of nitrogens with one attached hydrogen (secondary N) is 2. The van der Waals surface area contributed by atoms with Crippen LogP contribution >= 0.6 is 0 Å². The molecule has 0 radical (unpaired) electrons. The highest BCUT2D eigenvalue weighted by Gasteiger charge is 2.10. The van der Waals surface area contributed by atoms with Crippen molar-refractivity contribution in [3.8, 4) is 0 Å². The molecule has 3 nitrogen and oxygen atoms in total. The largest absolute Gasteiger partial charge is 0.326 e. The van der Waals surface area contributed by atoms with Crippen LogP contribution in [0.2, 0.25) is 0 Å². The van der Waals surface area contributed by atoms with Gasteiger partial charge in [0.05, 0.1) is 0 Å². The molecule has 0 aliphatic heterocycles. The molecule has 1 aromatic carbocycles. The predicted molar refractivity (Wildman–Crippen MR) is 72.1 cm³/mol. The Hall–Kier alpha value is -1.35. The number of para-hydroxylation sites is 1. The van der Waals surface area contributed by atoms with E-state index in [0.717, 1.165) is 24.1 Å². The maximum absolute atomic E-state index is 11.7. The summed E-state index contributed by atoms with van der Waals surface area (Å²) in [6, 6.07) is 8.16. The van der Waals surface area contributed by atoms with Gasteiger partial charge in [0.25, 0.3) is 0 Å². The number of amides is 1. The molecule has 0 aliphatic carbocycles. The van der Waals surface area contributed by atoms with E-state index in [9.17, 15) is 4.79 Å². The third-order valence-corrected chi connectivity index (χ3v) is 2.89. The molecule has 1 atom stereocenters. The van der Waals surface area contributed by atoms with Gasteiger partial charge in [-0.25, -0.2) is 0 Å². The monoisotopic (exact) mass is 234 g/mol. The summed E-state index contributed by atoms with van der Waals surface area (Å²) >= 11 is 0. The van der Waals surface area contributed by atoms with Gasteiger partial charge in [0.1, 0.15) is 0 Å². The molecular weight excluding hydrogens is 212 g/mol. The molecule has 0 bridgehead atoms. The first-order valence-corrected chi connectivity index (χ1v) is 6.25. The molecule has 0 spiro atoms. The van der Waals surface area contributed by atoms with Crippen LogP contribution in [0.5, 0.6) is 0 Å². The quantitative estimate of drug-likeness (QED) is 0.794. The zero-order valence-corrected chi connectivity index (χ0v) is 10.9. The van der Waals surface area contributed by atoms with Crippen molar-refractivity contribution in [2.24, 2.45) is 0 Å². The van der Waals surface area contributed by atoms with Crippen LogP contribution in [0, 0.1) is 0 Å². The third-order valence-electron chi connectivity index (χ3n) is 2.89. The first kappa shape index (κ1) is 13.7. The van der Waals surface area contributed by atoms with Crippen molar-refractivity contribution >= 4 is 11.6 Å². The van der Waals surface area contributed by atoms with Crippen molar-refractivity contribution in [1.82, 2.24) is 5.32 Å². The Labute approximate surface area is 104 Å². The zero-order chi connectivity index (χ0) is 12.7. The van der Waals surface area contributed by atoms with E-state index in [2.05, 4.69) is 24.5 Å². The lowest BCUT2D eigenvalue weighted by atomic mass is 10.1. The molecule has 1 amide bonds. The molecule has 0 saturated heterocycles. The number of rotatable bonds is 6. The maximum atomic E-state index is 11.7. The molecule has 1 aromatic rings. The predicted octanol–water partition coefficient (Wildman–Crippen LogP) is 3.10. The standard InChI is InChI=1S/C14H22N2O/c1-4-5-10-14(17)16-13-9-7-6-8-12(13)11(2)15-3/h6-9,11,15H,4-5,10H2,1-3H3,(H,16,17). The molecule has 1 rings (SSSR count). The second-order valence-electron chi connectivity index (χ2n) is 4.25. The molecule has 17 heavy (non-hydrogen) atoms. The Kier molecular flexibility index (Phi) is 5.70. The number of carbonyl (C=O) groups excluding carboxylic acids is 1. The van der Waals surface area contributed by atoms with Gasteiger partial charge in [-0.2, -0.15) is 0 Å². The van der Waals surface area contributed by atoms with Crippen LogP contribution in [0.1, 0.15) is 44.7 Å². The zero-order valence-electron chi connectivity index (χ0n) is 10.9. The Morgan fingerprint density at radius 3 is 2.71 bits per heavy atom. The molecule has 0 aromatic heterocycles. The summed E-state index contributed by atoms with van der Waals surface area (Å²) in [4.78, 5) is 11.7. The number of anilines is 1. The molecular formula is C14H22N2O. The first-order chi connectivity index (χ1) is 8.19. The van der Waals surface area contributed by atoms with Gasteiger partial charge in [-0.1, -0.05) is 31.5 Å². The summed E-state index contributed by atoms with van der Waals surface area (Å²) in [5.74, 6) is 0.0996. The van der Waals surface area contributed by atoms with E-state index < -0.39 is 0 Å². The lowest BCUT2D eigenvalue weighted by molar-refractivity contribution is -0.116. The van der Waals surface area contributed by atoms with E-state index >= 15 is 0 Å². The second kappa shape index (κ2) is 7.07. The summed E-state index contributed by atoms with van der Waals surface area (Å²) in [6.45, 7) is 4.17. The number of unbranched alkanes of at least 4 members (excludes halogenated alkanes) is 1. The van der Waals surface area contributed by atoms with Crippen molar-refractivity contribution in [1.29, 1.82) is 0 Å². The summed E-state index contributed by atoms with van der Waals surface area (Å²) in [5.41, 5.74) is 2.04. The fraction of sp³-hybridized carbons (Fsp3) is 0.500. The highest BCUT2D eigenvalue weighted by atomic mass is 16.1. The Morgan fingerprint density at radius 1 is 1.35 bits per heavy atom. The summed E-state index contributed by atoms with van der Waals surface area (Å²) < 4.78 is 0. The number of hydrogen-bond donors (Lipinski definition) is 2. The average Bonchev–Trinajstić information content (AvgIpc) is 2.36. The van der Waals surface area contributed by atoms with Gasteiger partial charge in [-0.3, -0.25) is 4.79 Å². The van der Waals surface area contributed by atoms with E-state index in [1.54, 1.807) is 0 Å². The second-order valence-corrected chi connectivity index (χ2v) is 4.25. The van der Waals surface area contributed by atoms with Gasteiger partial charge < -0.3 is 10.6 Å². The Balaban J connectivity index is 2.73. The van der Waals surface area contributed by atoms with Crippen LogP contribution < -0.4 is 10.6 Å². The number of benzene rings is 1. The van der Waals surface area contributed by atoms with E-state index in [-0.39, 0.29) is 11.9 Å². The van der Waals surface area contributed by atoms with Crippen LogP contribution in [-0.2, 0) is 4.79 Å². The highest BCUT2D eigenvalue weighted by Crippen LogP contribution is 2.22. The minimum atomic E-state index is 0.0996. The molecule has 0 fully saturated rings. The van der Waals surface area contributed by atoms with E-state index in [1.807, 2.05) is 31.3 Å². The van der Waals surface area contributed by atoms with Crippen LogP contribution in [0.4, 0.5) is 5.69 Å². The molecule has 2 N–H and O–H groups in total. The minimum Gasteiger partial charge on any atom is -0.326 e. The van der Waals surface area contributed by atoms with Crippen molar-refractivity contribution < 1.29 is 4.79 Å². The highest BCUT2D eigenvalue weighted by molar-refractivity contribution is 5.91. The SMILES string of the molecule is CCCCC(=O)Nc1ccccc1C(C)NC. The van der Waals surface area contributed by atoms with Gasteiger partial charge in [-0.15, -0.1) is 0 Å². The first-order valence-electron chi connectivity index (χ1n) is 6.25. The van der Waals surface area contributed by atoms with Crippen LogP contribution in [0.15, 0.2) is 24.3 Å². The van der Waals surface area contributed by atoms with E-state index in [0.29, 0.717) is 6.42 Å². The number of hydrogen-bond acceptors (Lipinski definition) is 2. The molecule has 3 heteroatoms. The van der Waals surface area contributed by atoms with Crippen molar-refractivity contribution in [2.45, 2.75) is 39.2 Å². The lowest BCUT2D eigenvalue weighted by Crippen LogP contribution is -2.17. The van der Waals surface area contributed by atoms with Gasteiger partial charge in [0.15, 0.2) is 0 Å². The van der Waals surface area contributed by atoms with Crippen molar-refractivity contribution in [3.63, 3.8) is 0 Å². The lowest BCUT2D eigenvalue weighted by Gasteiger charge is -2.16. The van der Waals surface area contributed by atoms with Crippen LogP contribution in [0.3, 0.4) is 0 Å². The van der Waals surface area contributed by atoms with Crippen LogP contribution in [-0.4, -0.2) is 13.0 Å². The topological polar surface area (TPSA) is 41.1 Å². The number of carbonyl (C=O) groups is 1. The Bertz CT molecular complexity index is 363.